The molecule has 1 aromatic heterocycles. The number of anilines is 1. The minimum atomic E-state index is 0.0207. The molecule has 0 aliphatic rings. The van der Waals surface area contributed by atoms with Crippen LogP contribution in [-0.2, 0) is 11.2 Å². The Balaban J connectivity index is 2.66. The molecular weight excluding hydrogens is 190 g/mol. The Morgan fingerprint density at radius 3 is 2.67 bits per heavy atom. The highest BCUT2D eigenvalue weighted by Gasteiger charge is 2.10. The maximum absolute atomic E-state index is 5.01. The lowest BCUT2D eigenvalue weighted by atomic mass is 10.1. The molecule has 0 saturated carbocycles. The van der Waals surface area contributed by atoms with Crippen molar-refractivity contribution < 1.29 is 4.74 Å². The standard InChI is InChI=1S/C11H19N3O/c1-11(2,3)14-10-7-9(5-6-15-4)12-8-13-10/h7-8H,5-6H2,1-4H3,(H,12,13,14). The molecule has 15 heavy (non-hydrogen) atoms. The van der Waals surface area contributed by atoms with Crippen LogP contribution < -0.4 is 5.32 Å². The van der Waals surface area contributed by atoms with Gasteiger partial charge in [0.1, 0.15) is 12.1 Å². The molecule has 1 heterocycles. The molecule has 0 fully saturated rings. The van der Waals surface area contributed by atoms with Gasteiger partial charge in [0, 0.05) is 30.8 Å². The normalized spacial score (nSPS) is 11.5. The van der Waals surface area contributed by atoms with Crippen LogP contribution in [0.2, 0.25) is 0 Å². The second kappa shape index (κ2) is 5.07. The number of rotatable bonds is 4. The third-order valence-corrected chi connectivity index (χ3v) is 1.79. The summed E-state index contributed by atoms with van der Waals surface area (Å²) < 4.78 is 5.01. The van der Waals surface area contributed by atoms with Crippen molar-refractivity contribution in [3.8, 4) is 0 Å². The molecule has 0 saturated heterocycles. The van der Waals surface area contributed by atoms with Crippen molar-refractivity contribution >= 4 is 5.82 Å². The molecule has 1 rings (SSSR count). The van der Waals surface area contributed by atoms with Crippen molar-refractivity contribution in [1.82, 2.24) is 9.97 Å². The predicted octanol–water partition coefficient (Wildman–Crippen LogP) is 1.88. The summed E-state index contributed by atoms with van der Waals surface area (Å²) in [5.74, 6) is 0.864. The molecule has 0 radical (unpaired) electrons. The van der Waals surface area contributed by atoms with Crippen molar-refractivity contribution in [3.63, 3.8) is 0 Å². The average Bonchev–Trinajstić information content (AvgIpc) is 2.12. The van der Waals surface area contributed by atoms with Gasteiger partial charge in [0.25, 0.3) is 0 Å². The molecule has 0 atom stereocenters. The number of ether oxygens (including phenoxy) is 1. The van der Waals surface area contributed by atoms with Gasteiger partial charge in [-0.25, -0.2) is 9.97 Å². The minimum Gasteiger partial charge on any atom is -0.384 e. The molecular formula is C11H19N3O. The summed E-state index contributed by atoms with van der Waals surface area (Å²) in [7, 11) is 1.69. The summed E-state index contributed by atoms with van der Waals surface area (Å²) in [4.78, 5) is 8.35. The average molecular weight is 209 g/mol. The maximum Gasteiger partial charge on any atom is 0.129 e. The van der Waals surface area contributed by atoms with Gasteiger partial charge in [-0.1, -0.05) is 0 Å². The van der Waals surface area contributed by atoms with Gasteiger partial charge in [-0.05, 0) is 20.8 Å². The molecule has 0 aromatic carbocycles. The van der Waals surface area contributed by atoms with Gasteiger partial charge in [-0.15, -0.1) is 0 Å². The summed E-state index contributed by atoms with van der Waals surface area (Å²) in [5.41, 5.74) is 1.02. The van der Waals surface area contributed by atoms with E-state index >= 15 is 0 Å². The Morgan fingerprint density at radius 2 is 2.07 bits per heavy atom. The van der Waals surface area contributed by atoms with E-state index in [0.29, 0.717) is 6.61 Å². The van der Waals surface area contributed by atoms with E-state index in [-0.39, 0.29) is 5.54 Å². The lowest BCUT2D eigenvalue weighted by Crippen LogP contribution is -2.26. The van der Waals surface area contributed by atoms with Crippen molar-refractivity contribution in [1.29, 1.82) is 0 Å². The van der Waals surface area contributed by atoms with E-state index in [4.69, 9.17) is 4.74 Å². The molecule has 84 valence electrons. The summed E-state index contributed by atoms with van der Waals surface area (Å²) in [6.45, 7) is 6.99. The predicted molar refractivity (Wildman–Crippen MR) is 61.0 cm³/mol. The first-order valence-corrected chi connectivity index (χ1v) is 5.09. The smallest absolute Gasteiger partial charge is 0.129 e. The molecule has 0 unspecified atom stereocenters. The highest BCUT2D eigenvalue weighted by molar-refractivity contribution is 5.37. The topological polar surface area (TPSA) is 47.0 Å². The van der Waals surface area contributed by atoms with E-state index in [1.165, 1.54) is 0 Å². The van der Waals surface area contributed by atoms with Crippen LogP contribution in [0.5, 0.6) is 0 Å². The highest BCUT2D eigenvalue weighted by Crippen LogP contribution is 2.12. The van der Waals surface area contributed by atoms with E-state index in [9.17, 15) is 0 Å². The Kier molecular flexibility index (Phi) is 4.03. The van der Waals surface area contributed by atoms with Crippen molar-refractivity contribution in [2.45, 2.75) is 32.7 Å². The van der Waals surface area contributed by atoms with Gasteiger partial charge < -0.3 is 10.1 Å². The lowest BCUT2D eigenvalue weighted by Gasteiger charge is -2.21. The van der Waals surface area contributed by atoms with Gasteiger partial charge in [0.2, 0.25) is 0 Å². The molecule has 1 N–H and O–H groups in total. The van der Waals surface area contributed by atoms with Gasteiger partial charge in [0.15, 0.2) is 0 Å². The van der Waals surface area contributed by atoms with E-state index < -0.39 is 0 Å². The van der Waals surface area contributed by atoms with Crippen LogP contribution in [0.15, 0.2) is 12.4 Å². The zero-order valence-corrected chi connectivity index (χ0v) is 9.87. The first-order valence-electron chi connectivity index (χ1n) is 5.09. The summed E-state index contributed by atoms with van der Waals surface area (Å²) in [6, 6.07) is 1.96. The van der Waals surface area contributed by atoms with Crippen molar-refractivity contribution in [3.05, 3.63) is 18.1 Å². The molecule has 0 aliphatic carbocycles. The third kappa shape index (κ3) is 4.74. The molecule has 0 aliphatic heterocycles. The van der Waals surface area contributed by atoms with E-state index in [1.54, 1.807) is 13.4 Å². The SMILES string of the molecule is COCCc1cc(NC(C)(C)C)ncn1. The van der Waals surface area contributed by atoms with Crippen molar-refractivity contribution in [2.24, 2.45) is 0 Å². The zero-order valence-electron chi connectivity index (χ0n) is 9.87. The van der Waals surface area contributed by atoms with Crippen LogP contribution in [-0.4, -0.2) is 29.2 Å². The second-order valence-corrected chi connectivity index (χ2v) is 4.51. The highest BCUT2D eigenvalue weighted by atomic mass is 16.5. The molecule has 4 nitrogen and oxygen atoms in total. The van der Waals surface area contributed by atoms with Crippen LogP contribution in [0.4, 0.5) is 5.82 Å². The lowest BCUT2D eigenvalue weighted by molar-refractivity contribution is 0.201. The number of hydrogen-bond donors (Lipinski definition) is 1. The van der Waals surface area contributed by atoms with E-state index in [1.807, 2.05) is 6.07 Å². The van der Waals surface area contributed by atoms with Gasteiger partial charge >= 0.3 is 0 Å². The largest absolute Gasteiger partial charge is 0.384 e. The first-order chi connectivity index (χ1) is 7.01. The Morgan fingerprint density at radius 1 is 1.33 bits per heavy atom. The second-order valence-electron chi connectivity index (χ2n) is 4.51. The maximum atomic E-state index is 5.01. The number of hydrogen-bond acceptors (Lipinski definition) is 4. The fourth-order valence-corrected chi connectivity index (χ4v) is 1.19. The van der Waals surface area contributed by atoms with Crippen LogP contribution in [0.25, 0.3) is 0 Å². The number of nitrogens with one attached hydrogen (secondary N) is 1. The molecule has 0 bridgehead atoms. The Bertz CT molecular complexity index is 307. The third-order valence-electron chi connectivity index (χ3n) is 1.79. The number of nitrogens with zero attached hydrogens (tertiary/aromatic N) is 2. The quantitative estimate of drug-likeness (QED) is 0.822. The van der Waals surface area contributed by atoms with E-state index in [0.717, 1.165) is 17.9 Å². The van der Waals surface area contributed by atoms with Crippen LogP contribution in [0, 0.1) is 0 Å². The summed E-state index contributed by atoms with van der Waals surface area (Å²) in [5, 5.41) is 3.31. The number of aromatic nitrogens is 2. The van der Waals surface area contributed by atoms with Crippen molar-refractivity contribution in [2.75, 3.05) is 19.0 Å². The molecule has 4 heteroatoms. The van der Waals surface area contributed by atoms with Gasteiger partial charge in [-0.2, -0.15) is 0 Å². The molecule has 0 spiro atoms. The van der Waals surface area contributed by atoms with Crippen LogP contribution in [0.3, 0.4) is 0 Å². The molecule has 0 amide bonds. The fourth-order valence-electron chi connectivity index (χ4n) is 1.19. The van der Waals surface area contributed by atoms with Crippen LogP contribution >= 0.6 is 0 Å². The first kappa shape index (κ1) is 11.9. The van der Waals surface area contributed by atoms with Gasteiger partial charge in [-0.3, -0.25) is 0 Å². The Hall–Kier alpha value is -1.16. The van der Waals surface area contributed by atoms with Crippen LogP contribution in [0.1, 0.15) is 26.5 Å². The van der Waals surface area contributed by atoms with E-state index in [2.05, 4.69) is 36.1 Å². The fraction of sp³-hybridized carbons (Fsp3) is 0.636. The zero-order chi connectivity index (χ0) is 11.3. The summed E-state index contributed by atoms with van der Waals surface area (Å²) in [6.07, 6.45) is 2.40. The minimum absolute atomic E-state index is 0.0207. The summed E-state index contributed by atoms with van der Waals surface area (Å²) >= 11 is 0. The Labute approximate surface area is 91.1 Å². The number of methoxy groups -OCH3 is 1. The monoisotopic (exact) mass is 209 g/mol. The molecule has 1 aromatic rings. The van der Waals surface area contributed by atoms with Gasteiger partial charge in [0.05, 0.1) is 6.61 Å².